The summed E-state index contributed by atoms with van der Waals surface area (Å²) in [6, 6.07) is 0. The van der Waals surface area contributed by atoms with Gasteiger partial charge in [-0.15, -0.1) is 11.3 Å². The molecule has 24 heavy (non-hydrogen) atoms. The van der Waals surface area contributed by atoms with Crippen molar-refractivity contribution in [1.29, 1.82) is 0 Å². The number of carbonyl (C=O) groups is 2. The van der Waals surface area contributed by atoms with Crippen LogP contribution >= 0.6 is 11.3 Å². The van der Waals surface area contributed by atoms with Crippen molar-refractivity contribution in [3.63, 3.8) is 0 Å². The molecule has 1 aromatic rings. The first-order chi connectivity index (χ1) is 11.3. The third kappa shape index (κ3) is 3.02. The average Bonchev–Trinajstić information content (AvgIpc) is 3.04. The van der Waals surface area contributed by atoms with Crippen molar-refractivity contribution in [3.05, 3.63) is 27.3 Å². The Morgan fingerprint density at radius 2 is 2.08 bits per heavy atom. The van der Waals surface area contributed by atoms with Gasteiger partial charge in [0.1, 0.15) is 10.8 Å². The van der Waals surface area contributed by atoms with Crippen LogP contribution in [0.1, 0.15) is 53.9 Å². The second-order valence-corrected chi connectivity index (χ2v) is 8.17. The van der Waals surface area contributed by atoms with Crippen molar-refractivity contribution < 1.29 is 19.4 Å². The van der Waals surface area contributed by atoms with Gasteiger partial charge in [-0.05, 0) is 30.2 Å². The predicted molar refractivity (Wildman–Crippen MR) is 93.5 cm³/mol. The van der Waals surface area contributed by atoms with Gasteiger partial charge in [0.2, 0.25) is 0 Å². The lowest BCUT2D eigenvalue weighted by Gasteiger charge is -2.28. The van der Waals surface area contributed by atoms with Crippen LogP contribution in [-0.2, 0) is 22.4 Å². The molecule has 1 N–H and O–H groups in total. The number of hydrogen-bond acceptors (Lipinski definition) is 6. The molecule has 0 spiro atoms. The zero-order chi connectivity index (χ0) is 17.5. The molecule has 0 saturated carbocycles. The molecule has 6 heteroatoms. The van der Waals surface area contributed by atoms with Gasteiger partial charge >= 0.3 is 5.97 Å². The molecule has 0 fully saturated rings. The van der Waals surface area contributed by atoms with Crippen molar-refractivity contribution in [2.45, 2.75) is 46.0 Å². The third-order valence-corrected chi connectivity index (χ3v) is 5.70. The SMILES string of the molecule is COC(=O)c1c(N=CC2=C(O)CC(C)(C)CC2=O)sc2c1CCC2. The molecule has 1 heterocycles. The molecule has 2 aliphatic rings. The number of ether oxygens (including phenoxy) is 1. The zero-order valence-electron chi connectivity index (χ0n) is 14.1. The summed E-state index contributed by atoms with van der Waals surface area (Å²) in [4.78, 5) is 29.9. The van der Waals surface area contributed by atoms with Crippen molar-refractivity contribution in [3.8, 4) is 0 Å². The van der Waals surface area contributed by atoms with Crippen LogP contribution in [0.2, 0.25) is 0 Å². The largest absolute Gasteiger partial charge is 0.511 e. The highest BCUT2D eigenvalue weighted by Crippen LogP contribution is 2.41. The van der Waals surface area contributed by atoms with Gasteiger partial charge in [0.25, 0.3) is 0 Å². The minimum atomic E-state index is -0.393. The Morgan fingerprint density at radius 1 is 1.33 bits per heavy atom. The lowest BCUT2D eigenvalue weighted by molar-refractivity contribution is -0.117. The molecule has 1 aromatic heterocycles. The first-order valence-electron chi connectivity index (χ1n) is 8.04. The van der Waals surface area contributed by atoms with E-state index in [4.69, 9.17) is 4.74 Å². The molecular formula is C18H21NO4S. The Balaban J connectivity index is 1.96. The molecule has 0 radical (unpaired) electrons. The normalized spacial score (nSPS) is 19.9. The predicted octanol–water partition coefficient (Wildman–Crippen LogP) is 3.93. The second kappa shape index (κ2) is 6.16. The van der Waals surface area contributed by atoms with E-state index in [2.05, 4.69) is 4.99 Å². The maximum absolute atomic E-state index is 12.3. The van der Waals surface area contributed by atoms with Crippen LogP contribution in [-0.4, -0.2) is 30.2 Å². The highest BCUT2D eigenvalue weighted by Gasteiger charge is 2.32. The van der Waals surface area contributed by atoms with Crippen LogP contribution < -0.4 is 0 Å². The summed E-state index contributed by atoms with van der Waals surface area (Å²) in [6.45, 7) is 3.91. The summed E-state index contributed by atoms with van der Waals surface area (Å²) in [6.07, 6.45) is 5.07. The first-order valence-corrected chi connectivity index (χ1v) is 8.86. The Bertz CT molecular complexity index is 770. The number of aliphatic hydroxyl groups is 1. The number of aliphatic imine (C=N–C) groups is 1. The number of aryl methyl sites for hydroxylation is 1. The standard InChI is InChI=1S/C18H21NO4S/c1-18(2)7-12(20)11(13(21)8-18)9-19-16-15(17(22)23-3)10-5-4-6-14(10)24-16/h9,20H,4-8H2,1-3H3. The van der Waals surface area contributed by atoms with E-state index in [-0.39, 0.29) is 22.5 Å². The Kier molecular flexibility index (Phi) is 4.34. The van der Waals surface area contributed by atoms with Gasteiger partial charge < -0.3 is 9.84 Å². The zero-order valence-corrected chi connectivity index (χ0v) is 15.0. The quantitative estimate of drug-likeness (QED) is 0.664. The third-order valence-electron chi connectivity index (χ3n) is 4.50. The molecule has 0 bridgehead atoms. The van der Waals surface area contributed by atoms with Crippen LogP contribution in [0.4, 0.5) is 5.00 Å². The van der Waals surface area contributed by atoms with Crippen LogP contribution in [0, 0.1) is 5.41 Å². The summed E-state index contributed by atoms with van der Waals surface area (Å²) in [5.74, 6) is -0.434. The molecule has 2 aliphatic carbocycles. The van der Waals surface area contributed by atoms with E-state index >= 15 is 0 Å². The molecule has 128 valence electrons. The van der Waals surface area contributed by atoms with E-state index in [1.54, 1.807) is 0 Å². The highest BCUT2D eigenvalue weighted by molar-refractivity contribution is 7.16. The van der Waals surface area contributed by atoms with Gasteiger partial charge in [0.05, 0.1) is 18.2 Å². The summed E-state index contributed by atoms with van der Waals surface area (Å²) in [7, 11) is 1.36. The Hall–Kier alpha value is -1.95. The average molecular weight is 347 g/mol. The summed E-state index contributed by atoms with van der Waals surface area (Å²) >= 11 is 1.47. The van der Waals surface area contributed by atoms with Gasteiger partial charge in [0.15, 0.2) is 5.78 Å². The van der Waals surface area contributed by atoms with E-state index < -0.39 is 5.97 Å². The molecule has 5 nitrogen and oxygen atoms in total. The molecule has 3 rings (SSSR count). The number of nitrogens with zero attached hydrogens (tertiary/aromatic N) is 1. The number of fused-ring (bicyclic) bond motifs is 1. The summed E-state index contributed by atoms with van der Waals surface area (Å²) in [5, 5.41) is 10.7. The molecular weight excluding hydrogens is 326 g/mol. The maximum atomic E-state index is 12.3. The maximum Gasteiger partial charge on any atom is 0.341 e. The molecule has 0 atom stereocenters. The number of methoxy groups -OCH3 is 1. The number of rotatable bonds is 3. The Morgan fingerprint density at radius 3 is 2.75 bits per heavy atom. The van der Waals surface area contributed by atoms with Crippen molar-refractivity contribution in [1.82, 2.24) is 0 Å². The number of Topliss-reactive ketones (excluding diaryl/α,β-unsaturated/α-hetero) is 1. The number of allylic oxidation sites excluding steroid dienone is 2. The van der Waals surface area contributed by atoms with Crippen molar-refractivity contribution in [2.24, 2.45) is 10.4 Å². The lowest BCUT2D eigenvalue weighted by atomic mass is 9.77. The number of hydrogen-bond donors (Lipinski definition) is 1. The number of carbonyl (C=O) groups excluding carboxylic acids is 2. The molecule has 0 unspecified atom stereocenters. The fourth-order valence-electron chi connectivity index (χ4n) is 3.36. The van der Waals surface area contributed by atoms with Crippen molar-refractivity contribution >= 4 is 34.3 Å². The number of thiophene rings is 1. The number of ketones is 1. The van der Waals surface area contributed by atoms with E-state index in [1.165, 1.54) is 24.7 Å². The van der Waals surface area contributed by atoms with Crippen LogP contribution in [0.15, 0.2) is 16.3 Å². The molecule has 0 aromatic carbocycles. The summed E-state index contributed by atoms with van der Waals surface area (Å²) in [5.41, 5.74) is 1.54. The van der Waals surface area contributed by atoms with Gasteiger partial charge in [-0.25, -0.2) is 9.79 Å². The van der Waals surface area contributed by atoms with Crippen LogP contribution in [0.3, 0.4) is 0 Å². The van der Waals surface area contributed by atoms with Crippen molar-refractivity contribution in [2.75, 3.05) is 7.11 Å². The van der Waals surface area contributed by atoms with Gasteiger partial charge in [-0.3, -0.25) is 4.79 Å². The smallest absolute Gasteiger partial charge is 0.341 e. The van der Waals surface area contributed by atoms with Gasteiger partial charge in [-0.1, -0.05) is 13.8 Å². The first kappa shape index (κ1) is 16.9. The van der Waals surface area contributed by atoms with Crippen LogP contribution in [0.5, 0.6) is 0 Å². The van der Waals surface area contributed by atoms with E-state index in [0.29, 0.717) is 23.4 Å². The van der Waals surface area contributed by atoms with E-state index in [1.807, 2.05) is 13.8 Å². The topological polar surface area (TPSA) is 76.0 Å². The second-order valence-electron chi connectivity index (χ2n) is 7.09. The number of aliphatic hydroxyl groups excluding tert-OH is 1. The van der Waals surface area contributed by atoms with Gasteiger partial charge in [-0.2, -0.15) is 0 Å². The van der Waals surface area contributed by atoms with Crippen LogP contribution in [0.25, 0.3) is 0 Å². The fourth-order valence-corrected chi connectivity index (χ4v) is 4.59. The molecule has 0 saturated heterocycles. The van der Waals surface area contributed by atoms with Gasteiger partial charge in [0, 0.05) is 23.9 Å². The lowest BCUT2D eigenvalue weighted by Crippen LogP contribution is -2.26. The molecule has 0 amide bonds. The molecule has 0 aliphatic heterocycles. The van der Waals surface area contributed by atoms with E-state index in [0.717, 1.165) is 29.7 Å². The minimum absolute atomic E-state index is 0.0729. The summed E-state index contributed by atoms with van der Waals surface area (Å²) < 4.78 is 4.89. The minimum Gasteiger partial charge on any atom is -0.511 e. The number of esters is 1. The fraction of sp³-hybridized carbons (Fsp3) is 0.500. The highest BCUT2D eigenvalue weighted by atomic mass is 32.1. The van der Waals surface area contributed by atoms with E-state index in [9.17, 15) is 14.7 Å². The monoisotopic (exact) mass is 347 g/mol. The Labute approximate surface area is 145 Å².